The predicted octanol–water partition coefficient (Wildman–Crippen LogP) is 5.15. The highest BCUT2D eigenvalue weighted by Crippen LogP contribution is 2.33. The summed E-state index contributed by atoms with van der Waals surface area (Å²) >= 11 is 11.5. The average Bonchev–Trinajstić information content (AvgIpc) is 2.65. The summed E-state index contributed by atoms with van der Waals surface area (Å²) in [6.07, 6.45) is 0. The van der Waals surface area contributed by atoms with Crippen LogP contribution in [0.4, 0.5) is 0 Å². The van der Waals surface area contributed by atoms with Crippen LogP contribution in [0.5, 0.6) is 0 Å². The SMILES string of the molecule is Cc1cscc1C(Cl)c1ccc(Br)cc1. The maximum Gasteiger partial charge on any atom is 0.0846 e. The number of aryl methyl sites for hydroxylation is 1. The third-order valence-electron chi connectivity index (χ3n) is 2.33. The molecular formula is C12H10BrClS. The third kappa shape index (κ3) is 2.44. The summed E-state index contributed by atoms with van der Waals surface area (Å²) in [6.45, 7) is 2.10. The van der Waals surface area contributed by atoms with Crippen molar-refractivity contribution >= 4 is 38.9 Å². The molecular weight excluding hydrogens is 292 g/mol. The molecule has 2 rings (SSSR count). The van der Waals surface area contributed by atoms with E-state index < -0.39 is 0 Å². The molecule has 1 unspecified atom stereocenters. The van der Waals surface area contributed by atoms with E-state index in [1.807, 2.05) is 12.1 Å². The predicted molar refractivity (Wildman–Crippen MR) is 70.9 cm³/mol. The van der Waals surface area contributed by atoms with Crippen LogP contribution in [0, 0.1) is 6.92 Å². The van der Waals surface area contributed by atoms with E-state index in [2.05, 4.69) is 45.7 Å². The molecule has 3 heteroatoms. The number of alkyl halides is 1. The standard InChI is InChI=1S/C12H10BrClS/c1-8-6-15-7-11(8)12(14)9-2-4-10(13)5-3-9/h2-7,12H,1H3. The van der Waals surface area contributed by atoms with Crippen molar-refractivity contribution in [1.29, 1.82) is 0 Å². The summed E-state index contributed by atoms with van der Waals surface area (Å²) in [5.74, 6) is 0. The van der Waals surface area contributed by atoms with Gasteiger partial charge in [0.05, 0.1) is 5.38 Å². The Hall–Kier alpha value is -0.310. The van der Waals surface area contributed by atoms with E-state index in [1.54, 1.807) is 11.3 Å². The molecule has 0 spiro atoms. The summed E-state index contributed by atoms with van der Waals surface area (Å²) in [4.78, 5) is 0. The first-order valence-corrected chi connectivity index (χ1v) is 6.78. The summed E-state index contributed by atoms with van der Waals surface area (Å²) in [5.41, 5.74) is 3.62. The third-order valence-corrected chi connectivity index (χ3v) is 4.23. The van der Waals surface area contributed by atoms with Crippen molar-refractivity contribution in [2.24, 2.45) is 0 Å². The zero-order valence-corrected chi connectivity index (χ0v) is 11.4. The smallest absolute Gasteiger partial charge is 0.0846 e. The largest absolute Gasteiger partial charge is 0.152 e. The molecule has 0 saturated heterocycles. The molecule has 1 atom stereocenters. The molecule has 0 N–H and O–H groups in total. The molecule has 0 radical (unpaired) electrons. The molecule has 2 aromatic rings. The molecule has 0 saturated carbocycles. The number of hydrogen-bond donors (Lipinski definition) is 0. The number of halogens is 2. The summed E-state index contributed by atoms with van der Waals surface area (Å²) < 4.78 is 1.08. The first kappa shape index (κ1) is 11.2. The molecule has 1 heterocycles. The second kappa shape index (κ2) is 4.69. The van der Waals surface area contributed by atoms with Crippen molar-refractivity contribution in [3.05, 3.63) is 56.2 Å². The second-order valence-electron chi connectivity index (χ2n) is 3.42. The number of benzene rings is 1. The van der Waals surface area contributed by atoms with Gasteiger partial charge in [-0.1, -0.05) is 28.1 Å². The Kier molecular flexibility index (Phi) is 3.49. The molecule has 0 amide bonds. The summed E-state index contributed by atoms with van der Waals surface area (Å²) in [7, 11) is 0. The molecule has 0 nitrogen and oxygen atoms in total. The van der Waals surface area contributed by atoms with Crippen molar-refractivity contribution < 1.29 is 0 Å². The molecule has 0 aliphatic heterocycles. The Morgan fingerprint density at radius 3 is 2.40 bits per heavy atom. The first-order chi connectivity index (χ1) is 7.18. The Morgan fingerprint density at radius 2 is 1.87 bits per heavy atom. The van der Waals surface area contributed by atoms with E-state index in [-0.39, 0.29) is 5.38 Å². The highest BCUT2D eigenvalue weighted by atomic mass is 79.9. The van der Waals surface area contributed by atoms with Gasteiger partial charge < -0.3 is 0 Å². The Labute approximate surface area is 107 Å². The van der Waals surface area contributed by atoms with E-state index in [0.717, 1.165) is 10.0 Å². The van der Waals surface area contributed by atoms with Gasteiger partial charge in [-0.25, -0.2) is 0 Å². The lowest BCUT2D eigenvalue weighted by Gasteiger charge is -2.09. The first-order valence-electron chi connectivity index (χ1n) is 4.60. The minimum atomic E-state index is -0.0376. The number of hydrogen-bond acceptors (Lipinski definition) is 1. The molecule has 0 bridgehead atoms. The molecule has 1 aromatic heterocycles. The quantitative estimate of drug-likeness (QED) is 0.673. The van der Waals surface area contributed by atoms with E-state index in [1.165, 1.54) is 11.1 Å². The van der Waals surface area contributed by atoms with E-state index in [9.17, 15) is 0 Å². The van der Waals surface area contributed by atoms with Crippen LogP contribution in [0.15, 0.2) is 39.5 Å². The van der Waals surface area contributed by atoms with Crippen LogP contribution >= 0.6 is 38.9 Å². The molecule has 78 valence electrons. The van der Waals surface area contributed by atoms with Crippen LogP contribution in [0.3, 0.4) is 0 Å². The summed E-state index contributed by atoms with van der Waals surface area (Å²) in [5, 5.41) is 4.21. The minimum absolute atomic E-state index is 0.0376. The molecule has 0 aliphatic rings. The van der Waals surface area contributed by atoms with Crippen LogP contribution in [0.25, 0.3) is 0 Å². The molecule has 1 aromatic carbocycles. The normalized spacial score (nSPS) is 12.7. The Balaban J connectivity index is 2.32. The molecule has 0 fully saturated rings. The summed E-state index contributed by atoms with van der Waals surface area (Å²) in [6, 6.07) is 8.15. The molecule has 0 aliphatic carbocycles. The van der Waals surface area contributed by atoms with Gasteiger partial charge in [-0.15, -0.1) is 11.6 Å². The van der Waals surface area contributed by atoms with Gasteiger partial charge in [-0.2, -0.15) is 11.3 Å². The van der Waals surface area contributed by atoms with Crippen LogP contribution in [-0.2, 0) is 0 Å². The van der Waals surface area contributed by atoms with Crippen molar-refractivity contribution in [3.63, 3.8) is 0 Å². The van der Waals surface area contributed by atoms with E-state index >= 15 is 0 Å². The lowest BCUT2D eigenvalue weighted by molar-refractivity contribution is 1.13. The Bertz CT molecular complexity index is 447. The maximum atomic E-state index is 6.42. The highest BCUT2D eigenvalue weighted by molar-refractivity contribution is 9.10. The fourth-order valence-electron chi connectivity index (χ4n) is 1.44. The van der Waals surface area contributed by atoms with Gasteiger partial charge in [-0.3, -0.25) is 0 Å². The van der Waals surface area contributed by atoms with Gasteiger partial charge in [0.2, 0.25) is 0 Å². The fraction of sp³-hybridized carbons (Fsp3) is 0.167. The van der Waals surface area contributed by atoms with Gasteiger partial charge in [0.1, 0.15) is 0 Å². The average molecular weight is 302 g/mol. The minimum Gasteiger partial charge on any atom is -0.152 e. The van der Waals surface area contributed by atoms with E-state index in [0.29, 0.717) is 0 Å². The van der Waals surface area contributed by atoms with Gasteiger partial charge in [0.15, 0.2) is 0 Å². The van der Waals surface area contributed by atoms with Gasteiger partial charge in [0, 0.05) is 4.47 Å². The van der Waals surface area contributed by atoms with Crippen LogP contribution < -0.4 is 0 Å². The van der Waals surface area contributed by atoms with Gasteiger partial charge >= 0.3 is 0 Å². The lowest BCUT2D eigenvalue weighted by atomic mass is 10.0. The number of thiophene rings is 1. The van der Waals surface area contributed by atoms with Crippen LogP contribution in [0.2, 0.25) is 0 Å². The van der Waals surface area contributed by atoms with Gasteiger partial charge in [0.25, 0.3) is 0 Å². The van der Waals surface area contributed by atoms with E-state index in [4.69, 9.17) is 11.6 Å². The zero-order valence-electron chi connectivity index (χ0n) is 8.21. The lowest BCUT2D eigenvalue weighted by Crippen LogP contribution is -1.92. The van der Waals surface area contributed by atoms with Gasteiger partial charge in [-0.05, 0) is 46.5 Å². The zero-order chi connectivity index (χ0) is 10.8. The second-order valence-corrected chi connectivity index (χ2v) is 5.52. The van der Waals surface area contributed by atoms with Crippen LogP contribution in [0.1, 0.15) is 22.1 Å². The monoisotopic (exact) mass is 300 g/mol. The number of rotatable bonds is 2. The van der Waals surface area contributed by atoms with Crippen molar-refractivity contribution in [2.45, 2.75) is 12.3 Å². The van der Waals surface area contributed by atoms with Crippen molar-refractivity contribution in [2.75, 3.05) is 0 Å². The van der Waals surface area contributed by atoms with Crippen LogP contribution in [-0.4, -0.2) is 0 Å². The maximum absolute atomic E-state index is 6.42. The topological polar surface area (TPSA) is 0 Å². The molecule has 15 heavy (non-hydrogen) atoms. The highest BCUT2D eigenvalue weighted by Gasteiger charge is 2.13. The van der Waals surface area contributed by atoms with Crippen molar-refractivity contribution in [3.8, 4) is 0 Å². The van der Waals surface area contributed by atoms with Crippen molar-refractivity contribution in [1.82, 2.24) is 0 Å². The Morgan fingerprint density at radius 1 is 1.20 bits per heavy atom. The fourth-order valence-corrected chi connectivity index (χ4v) is 3.04.